The van der Waals surface area contributed by atoms with E-state index >= 15 is 0 Å². The van der Waals surface area contributed by atoms with Crippen LogP contribution in [0.5, 0.6) is 0 Å². The number of allylic oxidation sites excluding steroid dienone is 1. The number of aldehydes is 1. The highest BCUT2D eigenvalue weighted by Crippen LogP contribution is 2.10. The summed E-state index contributed by atoms with van der Waals surface area (Å²) in [5.41, 5.74) is 0. The third-order valence-electron chi connectivity index (χ3n) is 2.28. The van der Waals surface area contributed by atoms with Crippen LogP contribution in [0.15, 0.2) is 47.4 Å². The molecule has 0 radical (unpaired) electrons. The van der Waals surface area contributed by atoms with E-state index < -0.39 is 9.84 Å². The molecule has 0 aliphatic carbocycles. The first-order valence-corrected chi connectivity index (χ1v) is 7.18. The lowest BCUT2D eigenvalue weighted by molar-refractivity contribution is -0.107. The fraction of sp³-hybridized carbons (Fsp3) is 0.308. The Bertz CT molecular complexity index is 461. The van der Waals surface area contributed by atoms with E-state index in [2.05, 4.69) is 0 Å². The summed E-state index contributed by atoms with van der Waals surface area (Å²) in [6.45, 7) is 0. The third-order valence-corrected chi connectivity index (χ3v) is 3.90. The lowest BCUT2D eigenvalue weighted by Crippen LogP contribution is -2.04. The van der Waals surface area contributed by atoms with Crippen LogP contribution in [0.4, 0.5) is 0 Å². The zero-order valence-corrected chi connectivity index (χ0v) is 10.4. The van der Waals surface area contributed by atoms with E-state index in [9.17, 15) is 13.2 Å². The summed E-state index contributed by atoms with van der Waals surface area (Å²) in [6, 6.07) is 8.39. The zero-order chi connectivity index (χ0) is 12.6. The fourth-order valence-corrected chi connectivity index (χ4v) is 2.51. The molecule has 0 N–H and O–H groups in total. The monoisotopic (exact) mass is 252 g/mol. The molecule has 0 aromatic heterocycles. The number of rotatable bonds is 7. The molecule has 0 unspecified atom stereocenters. The Morgan fingerprint density at radius 1 is 1.00 bits per heavy atom. The molecule has 1 aromatic rings. The van der Waals surface area contributed by atoms with E-state index in [1.165, 1.54) is 0 Å². The SMILES string of the molecule is O=CCCC/C=C/CS(=O)(=O)c1ccccc1. The molecule has 0 heterocycles. The first-order valence-electron chi connectivity index (χ1n) is 5.53. The smallest absolute Gasteiger partial charge is 0.181 e. The minimum atomic E-state index is -3.21. The number of benzene rings is 1. The van der Waals surface area contributed by atoms with Crippen molar-refractivity contribution < 1.29 is 13.2 Å². The molecule has 0 amide bonds. The van der Waals surface area contributed by atoms with Gasteiger partial charge < -0.3 is 4.79 Å². The summed E-state index contributed by atoms with van der Waals surface area (Å²) in [5.74, 6) is 0.0120. The van der Waals surface area contributed by atoms with Gasteiger partial charge in [0.25, 0.3) is 0 Å². The van der Waals surface area contributed by atoms with Gasteiger partial charge in [0, 0.05) is 6.42 Å². The Kier molecular flexibility index (Phi) is 5.63. The summed E-state index contributed by atoms with van der Waals surface area (Å²) in [4.78, 5) is 10.4. The van der Waals surface area contributed by atoms with Crippen molar-refractivity contribution in [3.05, 3.63) is 42.5 Å². The molecule has 4 heteroatoms. The van der Waals surface area contributed by atoms with Crippen molar-refractivity contribution in [1.82, 2.24) is 0 Å². The Labute approximate surface area is 102 Å². The van der Waals surface area contributed by atoms with Gasteiger partial charge in [0.2, 0.25) is 0 Å². The summed E-state index contributed by atoms with van der Waals surface area (Å²) in [6.07, 6.45) is 6.36. The number of carbonyl (C=O) groups excluding carboxylic acids is 1. The van der Waals surface area contributed by atoms with Crippen LogP contribution >= 0.6 is 0 Å². The van der Waals surface area contributed by atoms with Crippen LogP contribution in [-0.4, -0.2) is 20.5 Å². The maximum atomic E-state index is 11.8. The Morgan fingerprint density at radius 3 is 2.35 bits per heavy atom. The van der Waals surface area contributed by atoms with Crippen LogP contribution in [0.3, 0.4) is 0 Å². The average Bonchev–Trinajstić information content (AvgIpc) is 2.35. The molecule has 0 saturated carbocycles. The lowest BCUT2D eigenvalue weighted by Gasteiger charge is -2.00. The molecule has 1 rings (SSSR count). The second kappa shape index (κ2) is 7.01. The van der Waals surface area contributed by atoms with Gasteiger partial charge >= 0.3 is 0 Å². The topological polar surface area (TPSA) is 51.2 Å². The van der Waals surface area contributed by atoms with E-state index in [1.54, 1.807) is 36.4 Å². The average molecular weight is 252 g/mol. The molecule has 92 valence electrons. The van der Waals surface area contributed by atoms with Gasteiger partial charge in [-0.05, 0) is 25.0 Å². The van der Waals surface area contributed by atoms with Crippen molar-refractivity contribution in [2.24, 2.45) is 0 Å². The van der Waals surface area contributed by atoms with E-state index in [1.807, 2.05) is 6.08 Å². The molecule has 17 heavy (non-hydrogen) atoms. The molecule has 3 nitrogen and oxygen atoms in total. The summed E-state index contributed by atoms with van der Waals surface area (Å²) in [7, 11) is -3.21. The predicted molar refractivity (Wildman–Crippen MR) is 67.5 cm³/mol. The van der Waals surface area contributed by atoms with Crippen molar-refractivity contribution in [2.75, 3.05) is 5.75 Å². The van der Waals surface area contributed by atoms with Crippen LogP contribution in [0.25, 0.3) is 0 Å². The third kappa shape index (κ3) is 4.95. The van der Waals surface area contributed by atoms with Gasteiger partial charge in [-0.1, -0.05) is 30.4 Å². The molecule has 1 aromatic carbocycles. The molecule has 0 fully saturated rings. The van der Waals surface area contributed by atoms with Gasteiger partial charge in [-0.2, -0.15) is 0 Å². The van der Waals surface area contributed by atoms with Gasteiger partial charge in [-0.3, -0.25) is 0 Å². The second-order valence-electron chi connectivity index (χ2n) is 3.66. The largest absolute Gasteiger partial charge is 0.303 e. The van der Waals surface area contributed by atoms with Gasteiger partial charge in [-0.15, -0.1) is 0 Å². The quantitative estimate of drug-likeness (QED) is 0.425. The van der Waals surface area contributed by atoms with Gasteiger partial charge in [0.1, 0.15) is 6.29 Å². The minimum absolute atomic E-state index is 0.0120. The number of hydrogen-bond acceptors (Lipinski definition) is 3. The van der Waals surface area contributed by atoms with Crippen molar-refractivity contribution in [3.8, 4) is 0 Å². The number of carbonyl (C=O) groups is 1. The normalized spacial score (nSPS) is 11.8. The summed E-state index contributed by atoms with van der Waals surface area (Å²) in [5, 5.41) is 0. The first kappa shape index (κ1) is 13.6. The van der Waals surface area contributed by atoms with E-state index in [0.29, 0.717) is 11.3 Å². The van der Waals surface area contributed by atoms with Crippen LogP contribution in [0.1, 0.15) is 19.3 Å². The van der Waals surface area contributed by atoms with Crippen LogP contribution in [0.2, 0.25) is 0 Å². The maximum Gasteiger partial charge on any atom is 0.181 e. The molecule has 0 bridgehead atoms. The highest BCUT2D eigenvalue weighted by atomic mass is 32.2. The van der Waals surface area contributed by atoms with Gasteiger partial charge in [0.15, 0.2) is 9.84 Å². The Hall–Kier alpha value is -1.42. The molecule has 0 spiro atoms. The molecule has 0 saturated heterocycles. The molecule has 0 atom stereocenters. The molecular formula is C13H16O3S. The number of sulfone groups is 1. The first-order chi connectivity index (χ1) is 8.17. The van der Waals surface area contributed by atoms with Gasteiger partial charge in [0.05, 0.1) is 10.6 Å². The van der Waals surface area contributed by atoms with Crippen molar-refractivity contribution in [1.29, 1.82) is 0 Å². The number of hydrogen-bond donors (Lipinski definition) is 0. The Balaban J connectivity index is 2.48. The second-order valence-corrected chi connectivity index (χ2v) is 5.70. The summed E-state index contributed by atoms with van der Waals surface area (Å²) < 4.78 is 23.6. The predicted octanol–water partition coefficient (Wildman–Crippen LogP) is 2.39. The minimum Gasteiger partial charge on any atom is -0.303 e. The zero-order valence-electron chi connectivity index (χ0n) is 9.58. The van der Waals surface area contributed by atoms with E-state index in [-0.39, 0.29) is 5.75 Å². The molecule has 0 aliphatic heterocycles. The fourth-order valence-electron chi connectivity index (χ4n) is 1.36. The highest BCUT2D eigenvalue weighted by Gasteiger charge is 2.10. The van der Waals surface area contributed by atoms with E-state index in [0.717, 1.165) is 19.1 Å². The summed E-state index contributed by atoms with van der Waals surface area (Å²) >= 11 is 0. The number of unbranched alkanes of at least 4 members (excludes halogenated alkanes) is 2. The van der Waals surface area contributed by atoms with Crippen LogP contribution in [0, 0.1) is 0 Å². The van der Waals surface area contributed by atoms with Gasteiger partial charge in [-0.25, -0.2) is 8.42 Å². The van der Waals surface area contributed by atoms with Crippen LogP contribution < -0.4 is 0 Å². The standard InChI is InChI=1S/C13H16O3S/c14-11-7-2-1-3-8-12-17(15,16)13-9-5-4-6-10-13/h3-6,8-11H,1-2,7,12H2/b8-3+. The lowest BCUT2D eigenvalue weighted by atomic mass is 10.2. The molecule has 0 aliphatic rings. The highest BCUT2D eigenvalue weighted by molar-refractivity contribution is 7.91. The maximum absolute atomic E-state index is 11.8. The van der Waals surface area contributed by atoms with E-state index in [4.69, 9.17) is 0 Å². The van der Waals surface area contributed by atoms with Crippen molar-refractivity contribution in [3.63, 3.8) is 0 Å². The van der Waals surface area contributed by atoms with Crippen molar-refractivity contribution >= 4 is 16.1 Å². The van der Waals surface area contributed by atoms with Crippen molar-refractivity contribution in [2.45, 2.75) is 24.2 Å². The molecular weight excluding hydrogens is 236 g/mol. The van der Waals surface area contributed by atoms with Crippen LogP contribution in [-0.2, 0) is 14.6 Å². The Morgan fingerprint density at radius 2 is 1.71 bits per heavy atom.